The third kappa shape index (κ3) is 3.53. The number of halogens is 1. The molecule has 0 bridgehead atoms. The maximum Gasteiger partial charge on any atom is 0.252 e. The summed E-state index contributed by atoms with van der Waals surface area (Å²) >= 11 is 3.35. The second kappa shape index (κ2) is 5.40. The van der Waals surface area contributed by atoms with Crippen molar-refractivity contribution >= 4 is 28.1 Å². The van der Waals surface area contributed by atoms with Crippen molar-refractivity contribution < 1.29 is 0 Å². The normalized spacial score (nSPS) is 10.6. The summed E-state index contributed by atoms with van der Waals surface area (Å²) in [6.07, 6.45) is 3.05. The van der Waals surface area contributed by atoms with E-state index in [0.29, 0.717) is 5.95 Å². The molecule has 2 aromatic rings. The molecule has 0 spiro atoms. The molecule has 0 aliphatic rings. The van der Waals surface area contributed by atoms with Gasteiger partial charge in [-0.1, -0.05) is 28.1 Å². The Kier molecular flexibility index (Phi) is 3.66. The van der Waals surface area contributed by atoms with Crippen LogP contribution in [0.5, 0.6) is 0 Å². The highest BCUT2D eigenvalue weighted by Gasteiger charge is 1.91. The van der Waals surface area contributed by atoms with Crippen molar-refractivity contribution in [3.05, 3.63) is 56.9 Å². The van der Waals surface area contributed by atoms with Crippen molar-refractivity contribution in [3.63, 3.8) is 0 Å². The van der Waals surface area contributed by atoms with Crippen LogP contribution >= 0.6 is 15.9 Å². The average molecular weight is 293 g/mol. The molecule has 2 rings (SSSR count). The molecule has 1 heterocycles. The smallest absolute Gasteiger partial charge is 0.252 e. The minimum absolute atomic E-state index is 0.221. The first kappa shape index (κ1) is 11.5. The first-order valence-corrected chi connectivity index (χ1v) is 5.63. The summed E-state index contributed by atoms with van der Waals surface area (Å²) < 4.78 is 1.01. The molecule has 0 saturated heterocycles. The molecule has 0 aliphatic heterocycles. The summed E-state index contributed by atoms with van der Waals surface area (Å²) in [6, 6.07) is 9.00. The number of aromatic nitrogens is 2. The zero-order valence-corrected chi connectivity index (χ0v) is 10.3. The molecule has 0 amide bonds. The second-order valence-electron chi connectivity index (χ2n) is 3.20. The molecule has 0 unspecified atom stereocenters. The van der Waals surface area contributed by atoms with Gasteiger partial charge in [0.25, 0.3) is 5.56 Å². The van der Waals surface area contributed by atoms with Gasteiger partial charge in [-0.25, -0.2) is 10.4 Å². The Morgan fingerprint density at radius 3 is 2.76 bits per heavy atom. The van der Waals surface area contributed by atoms with Crippen molar-refractivity contribution in [2.75, 3.05) is 5.43 Å². The number of nitrogens with zero attached hydrogens (tertiary/aromatic N) is 2. The van der Waals surface area contributed by atoms with Crippen molar-refractivity contribution in [2.24, 2.45) is 5.10 Å². The van der Waals surface area contributed by atoms with Crippen LogP contribution in [0.1, 0.15) is 5.56 Å². The maximum absolute atomic E-state index is 11.0. The zero-order valence-electron chi connectivity index (χ0n) is 8.72. The summed E-state index contributed by atoms with van der Waals surface area (Å²) in [7, 11) is 0. The number of anilines is 1. The second-order valence-corrected chi connectivity index (χ2v) is 4.12. The number of rotatable bonds is 3. The van der Waals surface area contributed by atoms with Gasteiger partial charge in [-0.2, -0.15) is 5.10 Å². The molecule has 0 saturated carbocycles. The van der Waals surface area contributed by atoms with Crippen LogP contribution in [0.4, 0.5) is 5.95 Å². The Morgan fingerprint density at radius 2 is 2.06 bits per heavy atom. The van der Waals surface area contributed by atoms with Crippen LogP contribution in [0.2, 0.25) is 0 Å². The molecule has 1 aromatic heterocycles. The molecule has 17 heavy (non-hydrogen) atoms. The third-order valence-electron chi connectivity index (χ3n) is 1.93. The highest BCUT2D eigenvalue weighted by Crippen LogP contribution is 2.08. The fourth-order valence-electron chi connectivity index (χ4n) is 1.14. The van der Waals surface area contributed by atoms with Crippen molar-refractivity contribution in [1.29, 1.82) is 0 Å². The Morgan fingerprint density at radius 1 is 1.29 bits per heavy atom. The van der Waals surface area contributed by atoms with Crippen LogP contribution in [-0.2, 0) is 0 Å². The number of benzene rings is 1. The largest absolute Gasteiger partial charge is 0.291 e. The summed E-state index contributed by atoms with van der Waals surface area (Å²) in [5.74, 6) is 0.311. The minimum atomic E-state index is -0.221. The van der Waals surface area contributed by atoms with E-state index in [4.69, 9.17) is 0 Å². The predicted octanol–water partition coefficient (Wildman–Crippen LogP) is 1.98. The summed E-state index contributed by atoms with van der Waals surface area (Å²) in [4.78, 5) is 17.4. The van der Waals surface area contributed by atoms with E-state index in [9.17, 15) is 4.79 Å². The number of nitrogens with one attached hydrogen (secondary N) is 2. The van der Waals surface area contributed by atoms with E-state index in [2.05, 4.69) is 36.4 Å². The lowest BCUT2D eigenvalue weighted by Gasteiger charge is -1.97. The molecule has 0 aliphatic carbocycles. The monoisotopic (exact) mass is 292 g/mol. The molecular formula is C11H9BrN4O. The molecule has 6 heteroatoms. The number of aromatic amines is 1. The van der Waals surface area contributed by atoms with Gasteiger partial charge in [0, 0.05) is 16.7 Å². The molecule has 86 valence electrons. The van der Waals surface area contributed by atoms with Gasteiger partial charge < -0.3 is 0 Å². The Balaban J connectivity index is 2.02. The van der Waals surface area contributed by atoms with Gasteiger partial charge in [0.1, 0.15) is 0 Å². The van der Waals surface area contributed by atoms with Crippen LogP contribution in [0.3, 0.4) is 0 Å². The molecule has 0 atom stereocenters. The van der Waals surface area contributed by atoms with Gasteiger partial charge in [-0.15, -0.1) is 0 Å². The first-order chi connectivity index (χ1) is 8.24. The van der Waals surface area contributed by atoms with Crippen LogP contribution in [0.15, 0.2) is 50.9 Å². The van der Waals surface area contributed by atoms with Crippen LogP contribution in [0, 0.1) is 0 Å². The fraction of sp³-hybridized carbons (Fsp3) is 0. The third-order valence-corrected chi connectivity index (χ3v) is 2.45. The van der Waals surface area contributed by atoms with Crippen LogP contribution < -0.4 is 11.0 Å². The lowest BCUT2D eigenvalue weighted by Crippen LogP contribution is -2.07. The van der Waals surface area contributed by atoms with E-state index in [1.165, 1.54) is 12.3 Å². The standard InChI is InChI=1S/C11H9BrN4O/c12-9-3-1-8(2-4-9)7-14-16-11-13-6-5-10(17)15-11/h1-7H,(H2,13,15,16,17)/b14-7-. The van der Waals surface area contributed by atoms with E-state index in [1.54, 1.807) is 6.21 Å². The van der Waals surface area contributed by atoms with E-state index < -0.39 is 0 Å². The van der Waals surface area contributed by atoms with E-state index in [1.807, 2.05) is 24.3 Å². The average Bonchev–Trinajstić information content (AvgIpc) is 2.32. The Bertz CT molecular complexity index is 577. The summed E-state index contributed by atoms with van der Waals surface area (Å²) in [5.41, 5.74) is 3.36. The SMILES string of the molecule is O=c1ccnc(N/N=C\c2ccc(Br)cc2)[nH]1. The lowest BCUT2D eigenvalue weighted by atomic mass is 10.2. The van der Waals surface area contributed by atoms with Gasteiger partial charge in [0.2, 0.25) is 5.95 Å². The number of hydrogen-bond donors (Lipinski definition) is 2. The quantitative estimate of drug-likeness (QED) is 0.671. The highest BCUT2D eigenvalue weighted by molar-refractivity contribution is 9.10. The number of hydrazone groups is 1. The van der Waals surface area contributed by atoms with Crippen molar-refractivity contribution in [3.8, 4) is 0 Å². The minimum Gasteiger partial charge on any atom is -0.291 e. The van der Waals surface area contributed by atoms with Crippen molar-refractivity contribution in [2.45, 2.75) is 0 Å². The van der Waals surface area contributed by atoms with Crippen LogP contribution in [0.25, 0.3) is 0 Å². The van der Waals surface area contributed by atoms with E-state index >= 15 is 0 Å². The number of H-pyrrole nitrogens is 1. The predicted molar refractivity (Wildman–Crippen MR) is 70.2 cm³/mol. The first-order valence-electron chi connectivity index (χ1n) is 4.84. The Hall–Kier alpha value is -1.95. The topological polar surface area (TPSA) is 70.1 Å². The molecule has 1 aromatic carbocycles. The summed E-state index contributed by atoms with van der Waals surface area (Å²) in [5, 5.41) is 3.96. The highest BCUT2D eigenvalue weighted by atomic mass is 79.9. The lowest BCUT2D eigenvalue weighted by molar-refractivity contribution is 1.08. The molecule has 0 radical (unpaired) electrons. The van der Waals surface area contributed by atoms with Gasteiger partial charge >= 0.3 is 0 Å². The van der Waals surface area contributed by atoms with Gasteiger partial charge in [-0.3, -0.25) is 9.78 Å². The molecule has 0 fully saturated rings. The van der Waals surface area contributed by atoms with E-state index in [-0.39, 0.29) is 5.56 Å². The summed E-state index contributed by atoms with van der Waals surface area (Å²) in [6.45, 7) is 0. The maximum atomic E-state index is 11.0. The molecular weight excluding hydrogens is 284 g/mol. The van der Waals surface area contributed by atoms with Gasteiger partial charge in [0.05, 0.1) is 6.21 Å². The fourth-order valence-corrected chi connectivity index (χ4v) is 1.41. The zero-order chi connectivity index (χ0) is 12.1. The Labute approximate surface area is 106 Å². The molecule has 2 N–H and O–H groups in total. The van der Waals surface area contributed by atoms with Gasteiger partial charge in [-0.05, 0) is 17.7 Å². The number of hydrogen-bond acceptors (Lipinski definition) is 4. The molecule has 5 nitrogen and oxygen atoms in total. The van der Waals surface area contributed by atoms with Crippen LogP contribution in [-0.4, -0.2) is 16.2 Å². The van der Waals surface area contributed by atoms with Gasteiger partial charge in [0.15, 0.2) is 0 Å². The van der Waals surface area contributed by atoms with E-state index in [0.717, 1.165) is 10.0 Å². The van der Waals surface area contributed by atoms with Crippen molar-refractivity contribution in [1.82, 2.24) is 9.97 Å².